The second kappa shape index (κ2) is 3.30. The highest BCUT2D eigenvalue weighted by Crippen LogP contribution is 2.16. The summed E-state index contributed by atoms with van der Waals surface area (Å²) in [4.78, 5) is 7.22. The largest absolute Gasteiger partial charge is 0.385 e. The minimum absolute atomic E-state index is 0.548. The third-order valence-electron chi connectivity index (χ3n) is 2.07. The lowest BCUT2D eigenvalue weighted by Gasteiger charge is -2.02. The Bertz CT molecular complexity index is 476. The van der Waals surface area contributed by atoms with Gasteiger partial charge >= 0.3 is 5.69 Å². The highest BCUT2D eigenvalue weighted by Gasteiger charge is 2.04. The third-order valence-corrected chi connectivity index (χ3v) is 2.07. The van der Waals surface area contributed by atoms with Crippen LogP contribution in [0.3, 0.4) is 0 Å². The van der Waals surface area contributed by atoms with Gasteiger partial charge in [0.05, 0.1) is 0 Å². The van der Waals surface area contributed by atoms with Crippen LogP contribution in [0.25, 0.3) is 10.7 Å². The maximum atomic E-state index is 8.52. The molecule has 0 saturated heterocycles. The average Bonchev–Trinajstić information content (AvgIpc) is 2.65. The fourth-order valence-corrected chi connectivity index (χ4v) is 1.33. The molecule has 0 atom stereocenters. The summed E-state index contributed by atoms with van der Waals surface area (Å²) < 4.78 is 1.96. The topological polar surface area (TPSA) is 46.0 Å². The lowest BCUT2D eigenvalue weighted by atomic mass is 10.3. The summed E-state index contributed by atoms with van der Waals surface area (Å²) in [5.74, 6) is 0.929. The summed E-state index contributed by atoms with van der Waals surface area (Å²) in [7, 11) is 0. The fraction of sp³-hybridized carbons (Fsp3) is 0.100. The Morgan fingerprint density at radius 3 is 2.50 bits per heavy atom. The quantitative estimate of drug-likeness (QED) is 0.641. The number of nitrogens with zero attached hydrogens (tertiary/aromatic N) is 4. The van der Waals surface area contributed by atoms with Crippen molar-refractivity contribution >= 4 is 5.69 Å². The van der Waals surface area contributed by atoms with Gasteiger partial charge in [0, 0.05) is 30.2 Å². The second-order valence-electron chi connectivity index (χ2n) is 2.96. The number of aromatic nitrogens is 2. The molecule has 4 heteroatoms. The van der Waals surface area contributed by atoms with Crippen molar-refractivity contribution in [2.45, 2.75) is 6.92 Å². The molecule has 0 radical (unpaired) electrons. The first-order chi connectivity index (χ1) is 6.81. The number of diazo groups is 1. The summed E-state index contributed by atoms with van der Waals surface area (Å²) in [5, 5.41) is 8.52. The van der Waals surface area contributed by atoms with Gasteiger partial charge in [0.2, 0.25) is 5.39 Å². The van der Waals surface area contributed by atoms with Crippen molar-refractivity contribution in [3.8, 4) is 5.69 Å². The Morgan fingerprint density at radius 2 is 2.00 bits per heavy atom. The number of hydrogen-bond donors (Lipinski definition) is 0. The molecule has 0 fully saturated rings. The van der Waals surface area contributed by atoms with E-state index in [0.29, 0.717) is 5.69 Å². The number of aryl methyl sites for hydroxylation is 1. The molecule has 14 heavy (non-hydrogen) atoms. The zero-order valence-electron chi connectivity index (χ0n) is 7.75. The maximum Gasteiger partial charge on any atom is 0.385 e. The van der Waals surface area contributed by atoms with E-state index in [1.807, 2.05) is 29.8 Å². The highest BCUT2D eigenvalue weighted by molar-refractivity contribution is 5.49. The van der Waals surface area contributed by atoms with Gasteiger partial charge in [0.1, 0.15) is 5.82 Å². The predicted molar refractivity (Wildman–Crippen MR) is 53.0 cm³/mol. The van der Waals surface area contributed by atoms with E-state index in [2.05, 4.69) is 9.96 Å². The normalized spacial score (nSPS) is 9.71. The van der Waals surface area contributed by atoms with Gasteiger partial charge in [-0.2, -0.15) is 0 Å². The first-order valence-corrected chi connectivity index (χ1v) is 4.27. The van der Waals surface area contributed by atoms with E-state index in [9.17, 15) is 0 Å². The minimum atomic E-state index is 0.548. The summed E-state index contributed by atoms with van der Waals surface area (Å²) in [6, 6.07) is 7.25. The third kappa shape index (κ3) is 1.36. The lowest BCUT2D eigenvalue weighted by molar-refractivity contribution is 0.975. The van der Waals surface area contributed by atoms with Gasteiger partial charge < -0.3 is 4.57 Å². The Hall–Kier alpha value is -2.15. The molecule has 1 aromatic heterocycles. The maximum absolute atomic E-state index is 8.52. The van der Waals surface area contributed by atoms with Gasteiger partial charge in [-0.15, -0.1) is 0 Å². The van der Waals surface area contributed by atoms with Crippen molar-refractivity contribution in [3.63, 3.8) is 0 Å². The number of hydrogen-bond acceptors (Lipinski definition) is 2. The summed E-state index contributed by atoms with van der Waals surface area (Å²) >= 11 is 0. The molecule has 0 saturated carbocycles. The standard InChI is InChI=1S/C10H9N4/c1-8-12-6-7-14(8)10-4-2-9(13-11)3-5-10/h2-7H,1H3/q+1. The van der Waals surface area contributed by atoms with Crippen molar-refractivity contribution in [2.24, 2.45) is 0 Å². The first-order valence-electron chi connectivity index (χ1n) is 4.27. The van der Waals surface area contributed by atoms with E-state index in [-0.39, 0.29) is 0 Å². The van der Waals surface area contributed by atoms with Crippen LogP contribution in [0.1, 0.15) is 5.82 Å². The van der Waals surface area contributed by atoms with E-state index in [1.54, 1.807) is 18.3 Å². The molecule has 0 aliphatic carbocycles. The molecule has 0 aliphatic heterocycles. The van der Waals surface area contributed by atoms with Crippen molar-refractivity contribution in [1.82, 2.24) is 9.55 Å². The number of rotatable bonds is 1. The van der Waals surface area contributed by atoms with Crippen molar-refractivity contribution in [1.29, 1.82) is 5.39 Å². The van der Waals surface area contributed by atoms with Crippen LogP contribution in [0.2, 0.25) is 0 Å². The molecule has 0 N–H and O–H groups in total. The van der Waals surface area contributed by atoms with Crippen molar-refractivity contribution in [3.05, 3.63) is 47.5 Å². The smallest absolute Gasteiger partial charge is 0.304 e. The number of imidazole rings is 1. The van der Waals surface area contributed by atoms with Crippen LogP contribution in [-0.4, -0.2) is 9.55 Å². The molecule has 0 bridgehead atoms. The SMILES string of the molecule is Cc1nccn1-c1ccc([N+]#N)cc1. The van der Waals surface area contributed by atoms with Crippen molar-refractivity contribution < 1.29 is 0 Å². The molecular weight excluding hydrogens is 176 g/mol. The molecule has 0 spiro atoms. The van der Waals surface area contributed by atoms with Crippen LogP contribution in [0.15, 0.2) is 36.7 Å². The Balaban J connectivity index is 2.45. The van der Waals surface area contributed by atoms with Gasteiger partial charge in [-0.25, -0.2) is 4.98 Å². The molecule has 0 amide bonds. The Labute approximate surface area is 81.5 Å². The van der Waals surface area contributed by atoms with Crippen LogP contribution in [-0.2, 0) is 0 Å². The molecular formula is C10H9N4+. The van der Waals surface area contributed by atoms with E-state index in [0.717, 1.165) is 11.5 Å². The molecule has 1 heterocycles. The van der Waals surface area contributed by atoms with Crippen molar-refractivity contribution in [2.75, 3.05) is 0 Å². The van der Waals surface area contributed by atoms with Gasteiger partial charge in [0.15, 0.2) is 4.98 Å². The van der Waals surface area contributed by atoms with Crippen LogP contribution in [0, 0.1) is 12.3 Å². The predicted octanol–water partition coefficient (Wildman–Crippen LogP) is 2.67. The van der Waals surface area contributed by atoms with E-state index < -0.39 is 0 Å². The molecule has 0 unspecified atom stereocenters. The minimum Gasteiger partial charge on any atom is -0.304 e. The summed E-state index contributed by atoms with van der Waals surface area (Å²) in [5.41, 5.74) is 1.55. The van der Waals surface area contributed by atoms with E-state index >= 15 is 0 Å². The molecule has 4 nitrogen and oxygen atoms in total. The first kappa shape index (κ1) is 8.45. The van der Waals surface area contributed by atoms with Gasteiger partial charge in [-0.05, 0) is 19.1 Å². The van der Waals surface area contributed by atoms with E-state index in [4.69, 9.17) is 5.39 Å². The van der Waals surface area contributed by atoms with Gasteiger partial charge in [-0.3, -0.25) is 0 Å². The second-order valence-corrected chi connectivity index (χ2v) is 2.96. The average molecular weight is 185 g/mol. The van der Waals surface area contributed by atoms with Gasteiger partial charge in [-0.1, -0.05) is 0 Å². The zero-order valence-corrected chi connectivity index (χ0v) is 7.75. The van der Waals surface area contributed by atoms with Crippen LogP contribution < -0.4 is 0 Å². The Morgan fingerprint density at radius 1 is 1.29 bits per heavy atom. The molecule has 0 aliphatic rings. The molecule has 68 valence electrons. The molecule has 1 aromatic carbocycles. The summed E-state index contributed by atoms with van der Waals surface area (Å²) in [6.45, 7) is 1.93. The van der Waals surface area contributed by atoms with Crippen LogP contribution >= 0.6 is 0 Å². The number of benzene rings is 1. The molecule has 2 aromatic rings. The van der Waals surface area contributed by atoms with E-state index in [1.165, 1.54) is 0 Å². The van der Waals surface area contributed by atoms with Gasteiger partial charge in [0.25, 0.3) is 0 Å². The summed E-state index contributed by atoms with van der Waals surface area (Å²) in [6.07, 6.45) is 3.64. The lowest BCUT2D eigenvalue weighted by Crippen LogP contribution is -1.94. The fourth-order valence-electron chi connectivity index (χ4n) is 1.33. The zero-order chi connectivity index (χ0) is 9.97. The van der Waals surface area contributed by atoms with Crippen LogP contribution in [0.4, 0.5) is 5.69 Å². The monoisotopic (exact) mass is 185 g/mol. The Kier molecular flexibility index (Phi) is 1.99. The molecule has 2 rings (SSSR count). The van der Waals surface area contributed by atoms with Crippen LogP contribution in [0.5, 0.6) is 0 Å². The highest BCUT2D eigenvalue weighted by atomic mass is 15.1.